The summed E-state index contributed by atoms with van der Waals surface area (Å²) in [5.41, 5.74) is 0.960. The summed E-state index contributed by atoms with van der Waals surface area (Å²) in [4.78, 5) is 20.0. The maximum Gasteiger partial charge on any atom is 0.260 e. The van der Waals surface area contributed by atoms with Crippen molar-refractivity contribution in [2.75, 3.05) is 38.7 Å². The zero-order chi connectivity index (χ0) is 23.4. The molecule has 0 aromatic heterocycles. The number of benzene rings is 2. The van der Waals surface area contributed by atoms with Gasteiger partial charge in [0, 0.05) is 30.4 Å². The molecule has 1 atom stereocenters. The number of hydrogen-bond acceptors (Lipinski definition) is 7. The quantitative estimate of drug-likeness (QED) is 0.618. The lowest BCUT2D eigenvalue weighted by atomic mass is 10.2. The van der Waals surface area contributed by atoms with Gasteiger partial charge in [-0.1, -0.05) is 30.0 Å². The van der Waals surface area contributed by atoms with Crippen LogP contribution in [0.4, 0.5) is 5.69 Å². The molecule has 176 valence electrons. The van der Waals surface area contributed by atoms with E-state index in [1.54, 1.807) is 17.0 Å². The molecule has 2 aliphatic rings. The number of ether oxygens (including phenoxy) is 2. The van der Waals surface area contributed by atoms with E-state index in [2.05, 4.69) is 0 Å². The normalized spacial score (nSPS) is 20.8. The van der Waals surface area contributed by atoms with Gasteiger partial charge in [-0.3, -0.25) is 9.69 Å². The molecule has 2 aromatic rings. The van der Waals surface area contributed by atoms with Crippen LogP contribution in [0.1, 0.15) is 24.2 Å². The predicted octanol–water partition coefficient (Wildman–Crippen LogP) is 3.37. The molecule has 2 aromatic carbocycles. The number of morpholine rings is 1. The molecule has 0 bridgehead atoms. The Labute approximate surface area is 198 Å². The Morgan fingerprint density at radius 2 is 1.94 bits per heavy atom. The second-order valence-corrected chi connectivity index (χ2v) is 10.6. The number of carbonyl (C=O) groups is 1. The van der Waals surface area contributed by atoms with Crippen molar-refractivity contribution in [3.8, 4) is 5.75 Å². The van der Waals surface area contributed by atoms with Crippen LogP contribution in [0.3, 0.4) is 0 Å². The number of para-hydroxylation sites is 2. The van der Waals surface area contributed by atoms with Crippen molar-refractivity contribution in [2.24, 2.45) is 4.99 Å². The second kappa shape index (κ2) is 10.3. The maximum atomic E-state index is 13.5. The molecule has 0 spiro atoms. The minimum absolute atomic E-state index is 0.0833. The van der Waals surface area contributed by atoms with Crippen molar-refractivity contribution in [2.45, 2.75) is 24.8 Å². The zero-order valence-corrected chi connectivity index (χ0v) is 20.3. The number of aliphatic imine (C=N–C) groups is 1. The van der Waals surface area contributed by atoms with Gasteiger partial charge >= 0.3 is 0 Å². The molecule has 0 saturated carbocycles. The van der Waals surface area contributed by atoms with E-state index in [1.807, 2.05) is 38.1 Å². The van der Waals surface area contributed by atoms with Crippen LogP contribution in [-0.4, -0.2) is 73.4 Å². The highest BCUT2D eigenvalue weighted by molar-refractivity contribution is 8.14. The molecule has 10 heteroatoms. The van der Waals surface area contributed by atoms with Gasteiger partial charge in [0.1, 0.15) is 11.4 Å². The molecule has 0 N–H and O–H groups in total. The highest BCUT2D eigenvalue weighted by atomic mass is 32.2. The van der Waals surface area contributed by atoms with Crippen LogP contribution in [0.5, 0.6) is 5.75 Å². The Morgan fingerprint density at radius 3 is 2.70 bits per heavy atom. The molecule has 2 fully saturated rings. The monoisotopic (exact) mass is 489 g/mol. The summed E-state index contributed by atoms with van der Waals surface area (Å²) in [6.07, 6.45) is 0. The van der Waals surface area contributed by atoms with Gasteiger partial charge in [0.15, 0.2) is 5.17 Å². The number of amidine groups is 1. The van der Waals surface area contributed by atoms with Gasteiger partial charge in [0.25, 0.3) is 5.91 Å². The van der Waals surface area contributed by atoms with Crippen molar-refractivity contribution in [3.05, 3.63) is 54.1 Å². The topological polar surface area (TPSA) is 88.5 Å². The van der Waals surface area contributed by atoms with E-state index in [1.165, 1.54) is 28.2 Å². The van der Waals surface area contributed by atoms with Crippen LogP contribution in [0.15, 0.2) is 58.4 Å². The van der Waals surface area contributed by atoms with Crippen molar-refractivity contribution < 1.29 is 22.7 Å². The summed E-state index contributed by atoms with van der Waals surface area (Å²) in [5, 5.41) is 0.570. The SMILES string of the molecule is CCOc1ccccc1N=C1SCC(C)N1C(=O)c1cccc(S(=O)(=O)N2CCOCC2)c1. The molecule has 8 nitrogen and oxygen atoms in total. The minimum Gasteiger partial charge on any atom is -0.492 e. The van der Waals surface area contributed by atoms with Crippen molar-refractivity contribution in [3.63, 3.8) is 0 Å². The van der Waals surface area contributed by atoms with E-state index in [-0.39, 0.29) is 16.8 Å². The fourth-order valence-electron chi connectivity index (χ4n) is 3.70. The van der Waals surface area contributed by atoms with Gasteiger partial charge in [0.2, 0.25) is 10.0 Å². The molecular weight excluding hydrogens is 462 g/mol. The molecule has 2 heterocycles. The predicted molar refractivity (Wildman–Crippen MR) is 129 cm³/mol. The summed E-state index contributed by atoms with van der Waals surface area (Å²) in [5.74, 6) is 1.07. The van der Waals surface area contributed by atoms with E-state index >= 15 is 0 Å². The molecule has 33 heavy (non-hydrogen) atoms. The number of hydrogen-bond donors (Lipinski definition) is 0. The summed E-state index contributed by atoms with van der Waals surface area (Å²) in [7, 11) is -3.70. The number of carbonyl (C=O) groups excluding carboxylic acids is 1. The Morgan fingerprint density at radius 1 is 1.18 bits per heavy atom. The summed E-state index contributed by atoms with van der Waals surface area (Å²) >= 11 is 1.49. The third-order valence-corrected chi connectivity index (χ3v) is 8.48. The molecular formula is C23H27N3O5S2. The van der Waals surface area contributed by atoms with Crippen molar-refractivity contribution >= 4 is 38.5 Å². The van der Waals surface area contributed by atoms with E-state index in [0.717, 1.165) is 0 Å². The number of sulfonamides is 1. The average molecular weight is 490 g/mol. The molecule has 1 amide bonds. The van der Waals surface area contributed by atoms with Crippen molar-refractivity contribution in [1.29, 1.82) is 0 Å². The third kappa shape index (κ3) is 5.08. The first-order chi connectivity index (χ1) is 15.9. The largest absolute Gasteiger partial charge is 0.492 e. The van der Waals surface area contributed by atoms with Gasteiger partial charge in [-0.2, -0.15) is 4.31 Å². The van der Waals surface area contributed by atoms with Crippen LogP contribution in [0.25, 0.3) is 0 Å². The van der Waals surface area contributed by atoms with Crippen LogP contribution in [0, 0.1) is 0 Å². The average Bonchev–Trinajstić information content (AvgIpc) is 3.20. The molecule has 0 aliphatic carbocycles. The Kier molecular flexibility index (Phi) is 7.38. The number of rotatable bonds is 6. The molecule has 2 saturated heterocycles. The number of amides is 1. The molecule has 1 unspecified atom stereocenters. The lowest BCUT2D eigenvalue weighted by Gasteiger charge is -2.26. The highest BCUT2D eigenvalue weighted by Crippen LogP contribution is 2.33. The minimum atomic E-state index is -3.70. The Hall–Kier alpha value is -2.40. The lowest BCUT2D eigenvalue weighted by molar-refractivity contribution is 0.0730. The first-order valence-electron chi connectivity index (χ1n) is 10.9. The second-order valence-electron chi connectivity index (χ2n) is 7.67. The van der Waals surface area contributed by atoms with Gasteiger partial charge in [-0.25, -0.2) is 13.4 Å². The first-order valence-corrected chi connectivity index (χ1v) is 13.3. The fraction of sp³-hybridized carbons (Fsp3) is 0.391. The smallest absolute Gasteiger partial charge is 0.260 e. The third-order valence-electron chi connectivity index (χ3n) is 5.39. The van der Waals surface area contributed by atoms with Crippen molar-refractivity contribution in [1.82, 2.24) is 9.21 Å². The Bertz CT molecular complexity index is 1150. The number of nitrogens with zero attached hydrogens (tertiary/aromatic N) is 3. The van der Waals surface area contributed by atoms with Crippen LogP contribution in [-0.2, 0) is 14.8 Å². The van der Waals surface area contributed by atoms with Gasteiger partial charge in [-0.05, 0) is 44.2 Å². The summed E-state index contributed by atoms with van der Waals surface area (Å²) in [6.45, 7) is 5.71. The maximum absolute atomic E-state index is 13.5. The van der Waals surface area contributed by atoms with Gasteiger partial charge < -0.3 is 9.47 Å². The van der Waals surface area contributed by atoms with Crippen LogP contribution >= 0.6 is 11.8 Å². The van der Waals surface area contributed by atoms with E-state index in [0.29, 0.717) is 60.8 Å². The van der Waals surface area contributed by atoms with E-state index < -0.39 is 10.0 Å². The van der Waals surface area contributed by atoms with Gasteiger partial charge in [-0.15, -0.1) is 0 Å². The standard InChI is InChI=1S/C23H27N3O5S2/c1-3-31-21-10-5-4-9-20(21)24-23-26(17(2)16-32-23)22(27)18-7-6-8-19(15-18)33(28,29)25-11-13-30-14-12-25/h4-10,15,17H,3,11-14,16H2,1-2H3. The fourth-order valence-corrected chi connectivity index (χ4v) is 6.25. The van der Waals surface area contributed by atoms with Crippen LogP contribution < -0.4 is 4.74 Å². The molecule has 0 radical (unpaired) electrons. The highest BCUT2D eigenvalue weighted by Gasteiger charge is 2.34. The van der Waals surface area contributed by atoms with Gasteiger partial charge in [0.05, 0.1) is 24.7 Å². The Balaban J connectivity index is 1.64. The summed E-state index contributed by atoms with van der Waals surface area (Å²) in [6, 6.07) is 13.6. The summed E-state index contributed by atoms with van der Waals surface area (Å²) < 4.78 is 38.4. The molecule has 2 aliphatic heterocycles. The van der Waals surface area contributed by atoms with E-state index in [9.17, 15) is 13.2 Å². The zero-order valence-electron chi connectivity index (χ0n) is 18.6. The van der Waals surface area contributed by atoms with E-state index in [4.69, 9.17) is 14.5 Å². The molecule has 4 rings (SSSR count). The lowest BCUT2D eigenvalue weighted by Crippen LogP contribution is -2.41. The first kappa shape index (κ1) is 23.7. The number of thioether (sulfide) groups is 1. The van der Waals surface area contributed by atoms with Crippen LogP contribution in [0.2, 0.25) is 0 Å².